The fourth-order valence-corrected chi connectivity index (χ4v) is 1.19. The maximum Gasteiger partial charge on any atom is 0.122 e. The second kappa shape index (κ2) is 4.28. The van der Waals surface area contributed by atoms with Crippen LogP contribution in [0.25, 0.3) is 0 Å². The first kappa shape index (κ1) is 9.29. The topological polar surface area (TPSA) is 51.2 Å². The molecule has 0 radical (unpaired) electrons. The van der Waals surface area contributed by atoms with Crippen molar-refractivity contribution in [1.82, 2.24) is 5.32 Å². The molecule has 1 rings (SSSR count). The fraction of sp³-hybridized carbons (Fsp3) is 0.556. The van der Waals surface area contributed by atoms with Crippen molar-refractivity contribution in [2.75, 3.05) is 13.1 Å². The smallest absolute Gasteiger partial charge is 0.122 e. The summed E-state index contributed by atoms with van der Waals surface area (Å²) < 4.78 is 5.45. The first-order valence-electron chi connectivity index (χ1n) is 4.27. The van der Waals surface area contributed by atoms with Crippen molar-refractivity contribution in [2.24, 2.45) is 5.73 Å². The lowest BCUT2D eigenvalue weighted by atomic mass is 10.2. The lowest BCUT2D eigenvalue weighted by molar-refractivity contribution is 0.409. The van der Waals surface area contributed by atoms with E-state index in [1.807, 2.05) is 19.1 Å². The van der Waals surface area contributed by atoms with Gasteiger partial charge in [-0.05, 0) is 25.6 Å². The maximum atomic E-state index is 5.58. The van der Waals surface area contributed by atoms with Crippen LogP contribution in [0.4, 0.5) is 0 Å². The van der Waals surface area contributed by atoms with Crippen LogP contribution >= 0.6 is 0 Å². The molecule has 0 bridgehead atoms. The summed E-state index contributed by atoms with van der Waals surface area (Å²) >= 11 is 0. The maximum absolute atomic E-state index is 5.58. The van der Waals surface area contributed by atoms with E-state index in [-0.39, 0.29) is 6.04 Å². The molecule has 0 aliphatic carbocycles. The molecule has 0 aliphatic rings. The molecule has 0 aliphatic heterocycles. The van der Waals surface area contributed by atoms with Gasteiger partial charge in [-0.3, -0.25) is 0 Å². The minimum atomic E-state index is 0.156. The summed E-state index contributed by atoms with van der Waals surface area (Å²) in [5.41, 5.74) is 5.58. The summed E-state index contributed by atoms with van der Waals surface area (Å²) in [5, 5.41) is 3.24. The number of nitrogens with two attached hydrogens (primary N) is 1. The van der Waals surface area contributed by atoms with Gasteiger partial charge in [0.2, 0.25) is 0 Å². The van der Waals surface area contributed by atoms with Crippen LogP contribution in [0.1, 0.15) is 24.5 Å². The van der Waals surface area contributed by atoms with Gasteiger partial charge in [0.1, 0.15) is 11.5 Å². The van der Waals surface area contributed by atoms with Crippen LogP contribution in [0.5, 0.6) is 0 Å². The molecule has 68 valence electrons. The summed E-state index contributed by atoms with van der Waals surface area (Å²) in [6.07, 6.45) is 0. The Morgan fingerprint density at radius 3 is 2.75 bits per heavy atom. The fourth-order valence-electron chi connectivity index (χ4n) is 1.19. The Kier molecular flexibility index (Phi) is 3.31. The van der Waals surface area contributed by atoms with E-state index in [1.165, 1.54) is 0 Å². The molecular weight excluding hydrogens is 152 g/mol. The van der Waals surface area contributed by atoms with Gasteiger partial charge in [0.05, 0.1) is 6.04 Å². The highest BCUT2D eigenvalue weighted by Crippen LogP contribution is 2.14. The molecule has 12 heavy (non-hydrogen) atoms. The Balaban J connectivity index is 2.66. The van der Waals surface area contributed by atoms with Gasteiger partial charge >= 0.3 is 0 Å². The van der Waals surface area contributed by atoms with Crippen LogP contribution in [0.15, 0.2) is 16.5 Å². The third-order valence-electron chi connectivity index (χ3n) is 1.79. The van der Waals surface area contributed by atoms with Gasteiger partial charge in [0, 0.05) is 6.54 Å². The zero-order valence-electron chi connectivity index (χ0n) is 7.63. The Labute approximate surface area is 72.9 Å². The van der Waals surface area contributed by atoms with Gasteiger partial charge in [-0.15, -0.1) is 0 Å². The summed E-state index contributed by atoms with van der Waals surface area (Å²) in [6, 6.07) is 4.08. The molecule has 0 saturated carbocycles. The summed E-state index contributed by atoms with van der Waals surface area (Å²) in [5.74, 6) is 1.86. The number of hydrogen-bond donors (Lipinski definition) is 2. The predicted molar refractivity (Wildman–Crippen MR) is 48.9 cm³/mol. The van der Waals surface area contributed by atoms with Crippen LogP contribution in [0.3, 0.4) is 0 Å². The van der Waals surface area contributed by atoms with E-state index in [0.717, 1.165) is 18.1 Å². The Bertz CT molecular complexity index is 232. The molecule has 3 nitrogen and oxygen atoms in total. The van der Waals surface area contributed by atoms with Crippen molar-refractivity contribution < 1.29 is 4.42 Å². The predicted octanol–water partition coefficient (Wildman–Crippen LogP) is 1.20. The molecule has 1 aromatic rings. The summed E-state index contributed by atoms with van der Waals surface area (Å²) in [4.78, 5) is 0. The molecule has 1 unspecified atom stereocenters. The quantitative estimate of drug-likeness (QED) is 0.710. The third kappa shape index (κ3) is 2.09. The van der Waals surface area contributed by atoms with Crippen LogP contribution in [0.2, 0.25) is 0 Å². The minimum absolute atomic E-state index is 0.156. The van der Waals surface area contributed by atoms with E-state index < -0.39 is 0 Å². The van der Waals surface area contributed by atoms with E-state index >= 15 is 0 Å². The van der Waals surface area contributed by atoms with Crippen molar-refractivity contribution in [1.29, 1.82) is 0 Å². The van der Waals surface area contributed by atoms with Gasteiger partial charge in [-0.2, -0.15) is 0 Å². The lowest BCUT2D eigenvalue weighted by Crippen LogP contribution is -2.27. The third-order valence-corrected chi connectivity index (χ3v) is 1.79. The molecular formula is C9H16N2O. The van der Waals surface area contributed by atoms with Crippen LogP contribution < -0.4 is 11.1 Å². The highest BCUT2D eigenvalue weighted by Gasteiger charge is 2.10. The number of rotatable bonds is 4. The Morgan fingerprint density at radius 2 is 2.33 bits per heavy atom. The molecule has 1 aromatic heterocycles. The zero-order valence-corrected chi connectivity index (χ0v) is 7.63. The number of hydrogen-bond acceptors (Lipinski definition) is 3. The van der Waals surface area contributed by atoms with Crippen LogP contribution in [-0.2, 0) is 0 Å². The number of furan rings is 1. The zero-order chi connectivity index (χ0) is 8.97. The van der Waals surface area contributed by atoms with Gasteiger partial charge in [-0.25, -0.2) is 0 Å². The van der Waals surface area contributed by atoms with Crippen LogP contribution in [-0.4, -0.2) is 13.1 Å². The summed E-state index contributed by atoms with van der Waals surface area (Å²) in [7, 11) is 0. The van der Waals surface area contributed by atoms with Crippen molar-refractivity contribution in [3.05, 3.63) is 23.7 Å². The van der Waals surface area contributed by atoms with Crippen molar-refractivity contribution >= 4 is 0 Å². The molecule has 0 amide bonds. The Morgan fingerprint density at radius 1 is 1.58 bits per heavy atom. The molecule has 0 saturated heterocycles. The van der Waals surface area contributed by atoms with Crippen molar-refractivity contribution in [3.63, 3.8) is 0 Å². The molecule has 1 heterocycles. The second-order valence-electron chi connectivity index (χ2n) is 2.79. The first-order valence-corrected chi connectivity index (χ1v) is 4.27. The van der Waals surface area contributed by atoms with Crippen LogP contribution in [0, 0.1) is 6.92 Å². The van der Waals surface area contributed by atoms with Gasteiger partial charge in [0.25, 0.3) is 0 Å². The second-order valence-corrected chi connectivity index (χ2v) is 2.79. The van der Waals surface area contributed by atoms with E-state index in [1.54, 1.807) is 0 Å². The SMILES string of the molecule is CCNC(CN)c1ccc(C)o1. The van der Waals surface area contributed by atoms with Gasteiger partial charge in [-0.1, -0.05) is 6.92 Å². The highest BCUT2D eigenvalue weighted by molar-refractivity contribution is 5.09. The minimum Gasteiger partial charge on any atom is -0.465 e. The monoisotopic (exact) mass is 168 g/mol. The van der Waals surface area contributed by atoms with E-state index in [0.29, 0.717) is 6.54 Å². The normalized spacial score (nSPS) is 13.2. The molecule has 1 atom stereocenters. The molecule has 0 spiro atoms. The van der Waals surface area contributed by atoms with Crippen molar-refractivity contribution in [2.45, 2.75) is 19.9 Å². The molecule has 0 aromatic carbocycles. The van der Waals surface area contributed by atoms with E-state index in [9.17, 15) is 0 Å². The van der Waals surface area contributed by atoms with E-state index in [4.69, 9.17) is 10.2 Å². The number of likely N-dealkylation sites (N-methyl/N-ethyl adjacent to an activating group) is 1. The Hall–Kier alpha value is -0.800. The highest BCUT2D eigenvalue weighted by atomic mass is 16.3. The largest absolute Gasteiger partial charge is 0.465 e. The molecule has 3 N–H and O–H groups in total. The lowest BCUT2D eigenvalue weighted by Gasteiger charge is -2.11. The van der Waals surface area contributed by atoms with Gasteiger partial charge < -0.3 is 15.5 Å². The number of aryl methyl sites for hydroxylation is 1. The van der Waals surface area contributed by atoms with Gasteiger partial charge in [0.15, 0.2) is 0 Å². The first-order chi connectivity index (χ1) is 5.77. The van der Waals surface area contributed by atoms with Crippen molar-refractivity contribution in [3.8, 4) is 0 Å². The molecule has 0 fully saturated rings. The average Bonchev–Trinajstić information content (AvgIpc) is 2.47. The standard InChI is InChI=1S/C9H16N2O/c1-3-11-8(6-10)9-5-4-7(2)12-9/h4-5,8,11H,3,6,10H2,1-2H3. The molecule has 3 heteroatoms. The average molecular weight is 168 g/mol. The summed E-state index contributed by atoms with van der Waals surface area (Å²) in [6.45, 7) is 5.46. The number of nitrogens with one attached hydrogen (secondary N) is 1. The van der Waals surface area contributed by atoms with E-state index in [2.05, 4.69) is 12.2 Å².